The molecule has 0 aliphatic rings. The van der Waals surface area contributed by atoms with Gasteiger partial charge in [-0.25, -0.2) is 8.42 Å². The van der Waals surface area contributed by atoms with Crippen molar-refractivity contribution < 1.29 is 18.0 Å². The van der Waals surface area contributed by atoms with E-state index in [4.69, 9.17) is 5.73 Å². The van der Waals surface area contributed by atoms with E-state index in [1.807, 2.05) is 0 Å². The van der Waals surface area contributed by atoms with Crippen LogP contribution in [0, 0.1) is 0 Å². The topological polar surface area (TPSA) is 106 Å². The second kappa shape index (κ2) is 5.62. The number of benzene rings is 1. The normalized spacial score (nSPS) is 11.9. The molecular weight excluding hydrogens is 280 g/mol. The zero-order valence-electron chi connectivity index (χ0n) is 11.6. The summed E-state index contributed by atoms with van der Waals surface area (Å²) in [6.07, 6.45) is 1.10. The first-order valence-corrected chi connectivity index (χ1v) is 7.97. The number of rotatable bonds is 5. The van der Waals surface area contributed by atoms with Gasteiger partial charge in [-0.05, 0) is 26.0 Å². The van der Waals surface area contributed by atoms with Gasteiger partial charge in [0.05, 0.1) is 16.9 Å². The average molecular weight is 298 g/mol. The van der Waals surface area contributed by atoms with Crippen molar-refractivity contribution in [1.82, 2.24) is 5.32 Å². The summed E-state index contributed by atoms with van der Waals surface area (Å²) in [6, 6.07) is 6.11. The Morgan fingerprint density at radius 1 is 1.20 bits per heavy atom. The van der Waals surface area contributed by atoms with E-state index >= 15 is 0 Å². The third-order valence-corrected chi connectivity index (χ3v) is 3.76. The molecule has 0 heterocycles. The smallest absolute Gasteiger partial charge is 0.252 e. The molecule has 0 radical (unpaired) electrons. The fraction of sp³-hybridized carbons (Fsp3) is 0.385. The first-order valence-electron chi connectivity index (χ1n) is 5.91. The van der Waals surface area contributed by atoms with Crippen molar-refractivity contribution in [1.29, 1.82) is 0 Å². The lowest BCUT2D eigenvalue weighted by Crippen LogP contribution is -2.48. The third kappa shape index (κ3) is 4.65. The molecule has 2 amide bonds. The summed E-state index contributed by atoms with van der Waals surface area (Å²) in [4.78, 5) is 23.4. The molecule has 0 aromatic heterocycles. The highest BCUT2D eigenvalue weighted by atomic mass is 32.2. The lowest BCUT2D eigenvalue weighted by Gasteiger charge is -2.25. The molecule has 0 unspecified atom stereocenters. The van der Waals surface area contributed by atoms with Crippen molar-refractivity contribution in [3.63, 3.8) is 0 Å². The first-order chi connectivity index (χ1) is 9.02. The molecule has 0 fully saturated rings. The molecule has 110 valence electrons. The van der Waals surface area contributed by atoms with Crippen molar-refractivity contribution in [3.8, 4) is 0 Å². The van der Waals surface area contributed by atoms with Gasteiger partial charge in [0.2, 0.25) is 5.91 Å². The number of hydrogen-bond acceptors (Lipinski definition) is 4. The highest BCUT2D eigenvalue weighted by Gasteiger charge is 2.27. The molecule has 20 heavy (non-hydrogen) atoms. The molecule has 1 aromatic rings. The van der Waals surface area contributed by atoms with E-state index in [2.05, 4.69) is 5.32 Å². The predicted octanol–water partition coefficient (Wildman–Crippen LogP) is 0.338. The molecule has 0 saturated heterocycles. The molecular formula is C13H18N2O4S. The quantitative estimate of drug-likeness (QED) is 0.817. The van der Waals surface area contributed by atoms with Crippen LogP contribution >= 0.6 is 0 Å². The Kier molecular flexibility index (Phi) is 4.54. The van der Waals surface area contributed by atoms with Crippen LogP contribution in [0.25, 0.3) is 0 Å². The van der Waals surface area contributed by atoms with Crippen LogP contribution in [0.4, 0.5) is 0 Å². The minimum absolute atomic E-state index is 0.0974. The second-order valence-electron chi connectivity index (χ2n) is 5.32. The highest BCUT2D eigenvalue weighted by Crippen LogP contribution is 2.12. The van der Waals surface area contributed by atoms with Gasteiger partial charge in [-0.3, -0.25) is 9.59 Å². The van der Waals surface area contributed by atoms with Gasteiger partial charge >= 0.3 is 0 Å². The van der Waals surface area contributed by atoms with Crippen LogP contribution in [-0.4, -0.2) is 37.8 Å². The third-order valence-electron chi connectivity index (χ3n) is 2.51. The summed E-state index contributed by atoms with van der Waals surface area (Å²) in [5, 5.41) is 2.60. The van der Waals surface area contributed by atoms with Crippen molar-refractivity contribution in [2.75, 3.05) is 12.0 Å². The highest BCUT2D eigenvalue weighted by molar-refractivity contribution is 7.90. The summed E-state index contributed by atoms with van der Waals surface area (Å²) in [5.41, 5.74) is 4.48. The van der Waals surface area contributed by atoms with E-state index in [9.17, 15) is 18.0 Å². The Bertz CT molecular complexity index is 636. The Balaban J connectivity index is 3.00. The molecule has 0 bridgehead atoms. The number of carbonyl (C=O) groups excluding carboxylic acids is 2. The van der Waals surface area contributed by atoms with E-state index in [0.29, 0.717) is 0 Å². The van der Waals surface area contributed by atoms with Gasteiger partial charge in [-0.2, -0.15) is 0 Å². The fourth-order valence-electron chi connectivity index (χ4n) is 1.96. The van der Waals surface area contributed by atoms with Gasteiger partial charge in [0.15, 0.2) is 0 Å². The van der Waals surface area contributed by atoms with Crippen LogP contribution in [0.3, 0.4) is 0 Å². The van der Waals surface area contributed by atoms with Crippen LogP contribution in [0.1, 0.15) is 34.6 Å². The van der Waals surface area contributed by atoms with Gasteiger partial charge < -0.3 is 11.1 Å². The molecule has 1 aromatic carbocycles. The maximum atomic E-state index is 12.2. The van der Waals surface area contributed by atoms with Gasteiger partial charge in [0.1, 0.15) is 9.84 Å². The predicted molar refractivity (Wildman–Crippen MR) is 76.2 cm³/mol. The number of primary amides is 1. The van der Waals surface area contributed by atoms with Crippen molar-refractivity contribution >= 4 is 21.7 Å². The standard InChI is InChI=1S/C13H18N2O4S/c1-13(2,8-20(3,18)19)15-12(17)10-7-5-4-6-9(10)11(14)16/h4-7H,8H2,1-3H3,(H2,14,16)(H,15,17). The summed E-state index contributed by atoms with van der Waals surface area (Å²) in [7, 11) is -3.24. The average Bonchev–Trinajstić information content (AvgIpc) is 2.24. The fourth-order valence-corrected chi connectivity index (χ4v) is 3.35. The van der Waals surface area contributed by atoms with E-state index in [0.717, 1.165) is 6.26 Å². The van der Waals surface area contributed by atoms with Crippen LogP contribution in [0.15, 0.2) is 24.3 Å². The molecule has 0 spiro atoms. The van der Waals surface area contributed by atoms with Crippen LogP contribution in [-0.2, 0) is 9.84 Å². The minimum Gasteiger partial charge on any atom is -0.366 e. The number of sulfone groups is 1. The van der Waals surface area contributed by atoms with Crippen molar-refractivity contribution in [2.24, 2.45) is 5.73 Å². The molecule has 1 rings (SSSR count). The van der Waals surface area contributed by atoms with Crippen LogP contribution in [0.2, 0.25) is 0 Å². The van der Waals surface area contributed by atoms with Gasteiger partial charge in [0, 0.05) is 11.8 Å². The van der Waals surface area contributed by atoms with Gasteiger partial charge in [-0.15, -0.1) is 0 Å². The molecule has 0 aliphatic carbocycles. The largest absolute Gasteiger partial charge is 0.366 e. The maximum absolute atomic E-state index is 12.2. The zero-order valence-corrected chi connectivity index (χ0v) is 12.5. The maximum Gasteiger partial charge on any atom is 0.252 e. The number of hydrogen-bond donors (Lipinski definition) is 2. The first kappa shape index (κ1) is 16.2. The molecule has 7 heteroatoms. The Morgan fingerprint density at radius 3 is 2.15 bits per heavy atom. The molecule has 0 atom stereocenters. The number of nitrogens with one attached hydrogen (secondary N) is 1. The minimum atomic E-state index is -3.24. The molecule has 0 saturated carbocycles. The zero-order chi connectivity index (χ0) is 15.6. The van der Waals surface area contributed by atoms with Crippen molar-refractivity contribution in [2.45, 2.75) is 19.4 Å². The van der Waals surface area contributed by atoms with Gasteiger partial charge in [-0.1, -0.05) is 12.1 Å². The van der Waals surface area contributed by atoms with Crippen molar-refractivity contribution in [3.05, 3.63) is 35.4 Å². The van der Waals surface area contributed by atoms with E-state index in [-0.39, 0.29) is 16.9 Å². The van der Waals surface area contributed by atoms with Crippen LogP contribution < -0.4 is 11.1 Å². The number of nitrogens with two attached hydrogens (primary N) is 1. The summed E-state index contributed by atoms with van der Waals surface area (Å²) in [6.45, 7) is 3.19. The Morgan fingerprint density at radius 2 is 1.70 bits per heavy atom. The van der Waals surface area contributed by atoms with Gasteiger partial charge in [0.25, 0.3) is 5.91 Å². The summed E-state index contributed by atoms with van der Waals surface area (Å²) in [5.74, 6) is -1.45. The van der Waals surface area contributed by atoms with Crippen LogP contribution in [0.5, 0.6) is 0 Å². The summed E-state index contributed by atoms with van der Waals surface area (Å²) < 4.78 is 22.6. The van der Waals surface area contributed by atoms with E-state index in [1.165, 1.54) is 12.1 Å². The SMILES string of the molecule is CC(C)(CS(C)(=O)=O)NC(=O)c1ccccc1C(N)=O. The lowest BCUT2D eigenvalue weighted by atomic mass is 10.0. The number of amides is 2. The molecule has 3 N–H and O–H groups in total. The van der Waals surface area contributed by atoms with E-state index < -0.39 is 27.2 Å². The Hall–Kier alpha value is -1.89. The molecule has 6 nitrogen and oxygen atoms in total. The monoisotopic (exact) mass is 298 g/mol. The summed E-state index contributed by atoms with van der Waals surface area (Å²) >= 11 is 0. The Labute approximate surface area is 118 Å². The molecule has 0 aliphatic heterocycles. The van der Waals surface area contributed by atoms with E-state index in [1.54, 1.807) is 26.0 Å². The number of carbonyl (C=O) groups is 2. The lowest BCUT2D eigenvalue weighted by molar-refractivity contribution is 0.0907. The second-order valence-corrected chi connectivity index (χ2v) is 7.46.